The molecule has 35 heavy (non-hydrogen) atoms. The van der Waals surface area contributed by atoms with Crippen molar-refractivity contribution in [3.8, 4) is 0 Å². The molecule has 5 N–H and O–H groups in total. The van der Waals surface area contributed by atoms with E-state index in [0.29, 0.717) is 21.0 Å². The number of carbonyl (C=O) groups excluding carboxylic acids is 1. The van der Waals surface area contributed by atoms with Gasteiger partial charge in [0.1, 0.15) is 12.2 Å². The third-order valence-electron chi connectivity index (χ3n) is 4.05. The Hall–Kier alpha value is -1.75. The SMILES string of the molecule is CC.CC(O)C(O)C(O)[C@@H](C)O.CCC.Cc1cc(Cl)c(S)cc1C(=O)Nc1ccc(F)c(F)c1. The first-order chi connectivity index (χ1) is 16.3. The third kappa shape index (κ3) is 13.2. The second kappa shape index (κ2) is 18.5. The van der Waals surface area contributed by atoms with E-state index in [0.717, 1.165) is 12.1 Å². The monoisotopic (exact) mass is 537 g/mol. The summed E-state index contributed by atoms with van der Waals surface area (Å²) in [4.78, 5) is 12.6. The molecule has 0 heterocycles. The van der Waals surface area contributed by atoms with Crippen LogP contribution in [0.5, 0.6) is 0 Å². The number of aliphatic hydroxyl groups excluding tert-OH is 4. The number of hydrogen-bond donors (Lipinski definition) is 6. The number of halogens is 3. The van der Waals surface area contributed by atoms with Gasteiger partial charge in [0.15, 0.2) is 11.6 Å². The molecule has 2 aromatic rings. The van der Waals surface area contributed by atoms with Crippen molar-refractivity contribution in [3.05, 3.63) is 58.1 Å². The van der Waals surface area contributed by atoms with Crippen LogP contribution in [0.15, 0.2) is 35.2 Å². The first-order valence-corrected chi connectivity index (χ1v) is 12.1. The fraction of sp³-hybridized carbons (Fsp3) is 0.480. The molecule has 0 aliphatic heterocycles. The van der Waals surface area contributed by atoms with Crippen LogP contribution in [-0.2, 0) is 0 Å². The Balaban J connectivity index is 0. The molecular weight excluding hydrogens is 500 g/mol. The van der Waals surface area contributed by atoms with E-state index in [2.05, 4.69) is 31.8 Å². The smallest absolute Gasteiger partial charge is 0.255 e. The zero-order chi connectivity index (χ0) is 27.9. The van der Waals surface area contributed by atoms with E-state index in [4.69, 9.17) is 32.0 Å². The fourth-order valence-corrected chi connectivity index (χ4v) is 2.66. The Morgan fingerprint density at radius 1 is 0.971 bits per heavy atom. The zero-order valence-corrected chi connectivity index (χ0v) is 22.8. The molecule has 0 bridgehead atoms. The molecule has 0 aliphatic rings. The molecular formula is C25H38ClF2NO5S. The number of anilines is 1. The number of aliphatic hydroxyl groups is 4. The lowest BCUT2D eigenvalue weighted by Crippen LogP contribution is -2.41. The Bertz CT molecular complexity index is 888. The van der Waals surface area contributed by atoms with Crippen LogP contribution in [0, 0.1) is 18.6 Å². The van der Waals surface area contributed by atoms with Crippen LogP contribution >= 0.6 is 24.2 Å². The van der Waals surface area contributed by atoms with Gasteiger partial charge in [-0.25, -0.2) is 8.78 Å². The molecule has 0 spiro atoms. The summed E-state index contributed by atoms with van der Waals surface area (Å²) in [6, 6.07) is 6.28. The Morgan fingerprint density at radius 2 is 1.43 bits per heavy atom. The number of hydrogen-bond acceptors (Lipinski definition) is 6. The zero-order valence-electron chi connectivity index (χ0n) is 21.2. The summed E-state index contributed by atoms with van der Waals surface area (Å²) in [6.07, 6.45) is -3.35. The Morgan fingerprint density at radius 3 is 1.83 bits per heavy atom. The first-order valence-electron chi connectivity index (χ1n) is 11.2. The van der Waals surface area contributed by atoms with Gasteiger partial charge in [0, 0.05) is 22.2 Å². The van der Waals surface area contributed by atoms with E-state index in [1.807, 2.05) is 13.8 Å². The Labute approximate surface area is 217 Å². The van der Waals surface area contributed by atoms with Crippen LogP contribution in [0.3, 0.4) is 0 Å². The molecule has 1 amide bonds. The highest BCUT2D eigenvalue weighted by Gasteiger charge is 2.24. The average molecular weight is 538 g/mol. The number of carbonyl (C=O) groups is 1. The van der Waals surface area contributed by atoms with Gasteiger partial charge in [0.25, 0.3) is 5.91 Å². The summed E-state index contributed by atoms with van der Waals surface area (Å²) in [5.74, 6) is -2.44. The summed E-state index contributed by atoms with van der Waals surface area (Å²) in [7, 11) is 0. The Kier molecular flexibility index (Phi) is 18.7. The lowest BCUT2D eigenvalue weighted by Gasteiger charge is -2.21. The van der Waals surface area contributed by atoms with Crippen molar-refractivity contribution in [2.75, 3.05) is 5.32 Å². The maximum atomic E-state index is 13.1. The highest BCUT2D eigenvalue weighted by molar-refractivity contribution is 7.80. The van der Waals surface area contributed by atoms with Crippen LogP contribution in [0.2, 0.25) is 5.02 Å². The lowest BCUT2D eigenvalue weighted by atomic mass is 10.1. The van der Waals surface area contributed by atoms with Gasteiger partial charge in [0.2, 0.25) is 0 Å². The van der Waals surface area contributed by atoms with Crippen molar-refractivity contribution >= 4 is 35.8 Å². The number of amides is 1. The van der Waals surface area contributed by atoms with Crippen molar-refractivity contribution in [1.29, 1.82) is 0 Å². The maximum absolute atomic E-state index is 13.1. The van der Waals surface area contributed by atoms with Crippen LogP contribution in [0.25, 0.3) is 0 Å². The molecule has 2 aromatic carbocycles. The van der Waals surface area contributed by atoms with E-state index >= 15 is 0 Å². The molecule has 4 atom stereocenters. The predicted molar refractivity (Wildman–Crippen MR) is 140 cm³/mol. The molecule has 6 nitrogen and oxygen atoms in total. The predicted octanol–water partition coefficient (Wildman–Crippen LogP) is 5.38. The molecule has 0 aromatic heterocycles. The molecule has 200 valence electrons. The number of benzene rings is 2. The number of rotatable bonds is 5. The van der Waals surface area contributed by atoms with Gasteiger partial charge >= 0.3 is 0 Å². The minimum atomic E-state index is -1.28. The van der Waals surface area contributed by atoms with Crippen molar-refractivity contribution in [3.63, 3.8) is 0 Å². The molecule has 3 unspecified atom stereocenters. The lowest BCUT2D eigenvalue weighted by molar-refractivity contribution is -0.0947. The summed E-state index contributed by atoms with van der Waals surface area (Å²) in [6.45, 7) is 12.7. The minimum absolute atomic E-state index is 0.170. The van der Waals surface area contributed by atoms with E-state index in [1.54, 1.807) is 13.0 Å². The molecule has 2 rings (SSSR count). The van der Waals surface area contributed by atoms with Crippen LogP contribution in [-0.4, -0.2) is 50.7 Å². The third-order valence-corrected chi connectivity index (χ3v) is 4.87. The normalized spacial score (nSPS) is 13.3. The number of thiol groups is 1. The highest BCUT2D eigenvalue weighted by Crippen LogP contribution is 2.25. The summed E-state index contributed by atoms with van der Waals surface area (Å²) < 4.78 is 25.9. The summed E-state index contributed by atoms with van der Waals surface area (Å²) >= 11 is 10.0. The van der Waals surface area contributed by atoms with Crippen molar-refractivity contribution in [2.24, 2.45) is 0 Å². The standard InChI is InChI=1S/C14H10ClF2NOS.C6H14O4.C3H8.C2H6/c1-7-4-10(15)13(20)6-9(7)14(19)18-8-2-3-11(16)12(17)5-8;1-3(7)5(9)6(10)4(2)8;1-3-2;1-2/h2-6,20H,1H3,(H,18,19);3-10H,1-2H3;3H2,1-2H3;1-2H3/t;3-,4?,5?,6?;;/m.1../s1. The van der Waals surface area contributed by atoms with Gasteiger partial charge in [-0.3, -0.25) is 4.79 Å². The molecule has 0 aliphatic carbocycles. The van der Waals surface area contributed by atoms with E-state index in [-0.39, 0.29) is 5.69 Å². The van der Waals surface area contributed by atoms with Crippen molar-refractivity contribution in [2.45, 2.75) is 84.2 Å². The van der Waals surface area contributed by atoms with E-state index in [1.165, 1.54) is 32.4 Å². The minimum Gasteiger partial charge on any atom is -0.391 e. The molecule has 10 heteroatoms. The van der Waals surface area contributed by atoms with Gasteiger partial charge < -0.3 is 25.7 Å². The molecule has 0 saturated heterocycles. The van der Waals surface area contributed by atoms with Crippen LogP contribution < -0.4 is 5.32 Å². The second-order valence-electron chi connectivity index (χ2n) is 7.37. The van der Waals surface area contributed by atoms with Gasteiger partial charge in [-0.1, -0.05) is 45.7 Å². The van der Waals surface area contributed by atoms with Crippen LogP contribution in [0.1, 0.15) is 63.9 Å². The largest absolute Gasteiger partial charge is 0.391 e. The molecule has 0 fully saturated rings. The first kappa shape index (κ1) is 35.4. The summed E-state index contributed by atoms with van der Waals surface area (Å²) in [5, 5.41) is 38.2. The highest BCUT2D eigenvalue weighted by atomic mass is 35.5. The van der Waals surface area contributed by atoms with Crippen molar-refractivity contribution in [1.82, 2.24) is 0 Å². The van der Waals surface area contributed by atoms with Crippen molar-refractivity contribution < 1.29 is 34.0 Å². The summed E-state index contributed by atoms with van der Waals surface area (Å²) in [5.41, 5.74) is 1.20. The molecule has 0 radical (unpaired) electrons. The topological polar surface area (TPSA) is 110 Å². The number of aryl methyl sites for hydroxylation is 1. The maximum Gasteiger partial charge on any atom is 0.255 e. The van der Waals surface area contributed by atoms with E-state index in [9.17, 15) is 13.6 Å². The fourth-order valence-electron chi connectivity index (χ4n) is 2.25. The quantitative estimate of drug-likeness (QED) is 0.287. The van der Waals surface area contributed by atoms with Crippen LogP contribution in [0.4, 0.5) is 14.5 Å². The van der Waals surface area contributed by atoms with Gasteiger partial charge in [-0.15, -0.1) is 12.6 Å². The van der Waals surface area contributed by atoms with Gasteiger partial charge in [-0.2, -0.15) is 0 Å². The average Bonchev–Trinajstić information content (AvgIpc) is 2.79. The molecule has 0 saturated carbocycles. The van der Waals surface area contributed by atoms with Gasteiger partial charge in [-0.05, 0) is 50.6 Å². The van der Waals surface area contributed by atoms with Gasteiger partial charge in [0.05, 0.1) is 17.2 Å². The van der Waals surface area contributed by atoms with E-state index < -0.39 is 42.0 Å². The number of nitrogens with one attached hydrogen (secondary N) is 1. The second-order valence-corrected chi connectivity index (χ2v) is 8.26.